The Bertz CT molecular complexity index is 505. The summed E-state index contributed by atoms with van der Waals surface area (Å²) in [6, 6.07) is 6.44. The predicted molar refractivity (Wildman–Crippen MR) is 53.6 cm³/mol. The fourth-order valence-electron chi connectivity index (χ4n) is 1.23. The topological polar surface area (TPSA) is 17.8 Å². The molecule has 0 atom stereocenters. The lowest BCUT2D eigenvalue weighted by atomic mass is 10.3. The third kappa shape index (κ3) is 2.19. The van der Waals surface area contributed by atoms with Gasteiger partial charge in [0.15, 0.2) is 0 Å². The number of hydrogen-bond acceptors (Lipinski definition) is 1. The first-order chi connectivity index (χ1) is 7.47. The van der Waals surface area contributed by atoms with E-state index in [0.29, 0.717) is 10.7 Å². The molecule has 2 aromatic rings. The van der Waals surface area contributed by atoms with Gasteiger partial charge in [0.1, 0.15) is 0 Å². The smallest absolute Gasteiger partial charge is 0.240 e. The van der Waals surface area contributed by atoms with E-state index >= 15 is 0 Å². The number of benzene rings is 1. The van der Waals surface area contributed by atoms with E-state index in [1.165, 1.54) is 6.07 Å². The molecule has 0 aliphatic rings. The van der Waals surface area contributed by atoms with Gasteiger partial charge in [-0.25, -0.2) is 4.68 Å². The molecule has 0 spiro atoms. The molecule has 0 bridgehead atoms. The van der Waals surface area contributed by atoms with Gasteiger partial charge in [-0.05, 0) is 18.2 Å². The quantitative estimate of drug-likeness (QED) is 0.752. The minimum Gasteiger partial charge on any atom is -0.240 e. The minimum absolute atomic E-state index is 0.446. The van der Waals surface area contributed by atoms with Gasteiger partial charge in [0.05, 0.1) is 17.4 Å². The first-order valence-corrected chi connectivity index (χ1v) is 4.72. The van der Waals surface area contributed by atoms with Gasteiger partial charge < -0.3 is 0 Å². The van der Waals surface area contributed by atoms with Crippen molar-refractivity contribution in [3.8, 4) is 5.69 Å². The van der Waals surface area contributed by atoms with Crippen molar-refractivity contribution in [2.75, 3.05) is 0 Å². The van der Waals surface area contributed by atoms with E-state index in [0.717, 1.165) is 17.1 Å². The fraction of sp³-hybridized carbons (Fsp3) is 0.100. The van der Waals surface area contributed by atoms with Crippen molar-refractivity contribution >= 4 is 11.6 Å². The lowest BCUT2D eigenvalue weighted by Crippen LogP contribution is -2.02. The molecule has 0 aliphatic heterocycles. The van der Waals surface area contributed by atoms with Crippen LogP contribution in [0.4, 0.5) is 13.2 Å². The molecular weight excluding hydrogens is 241 g/mol. The molecule has 0 N–H and O–H groups in total. The van der Waals surface area contributed by atoms with Crippen LogP contribution >= 0.6 is 11.6 Å². The van der Waals surface area contributed by atoms with Crippen molar-refractivity contribution in [2.24, 2.45) is 0 Å². The number of rotatable bonds is 1. The van der Waals surface area contributed by atoms with Crippen LogP contribution < -0.4 is 0 Å². The van der Waals surface area contributed by atoms with E-state index in [2.05, 4.69) is 5.10 Å². The number of halogens is 4. The van der Waals surface area contributed by atoms with E-state index in [1.54, 1.807) is 18.2 Å². The van der Waals surface area contributed by atoms with Crippen molar-refractivity contribution in [1.82, 2.24) is 9.78 Å². The second-order valence-corrected chi connectivity index (χ2v) is 3.59. The van der Waals surface area contributed by atoms with Gasteiger partial charge in [-0.15, -0.1) is 0 Å². The second-order valence-electron chi connectivity index (χ2n) is 3.15. The van der Waals surface area contributed by atoms with Crippen LogP contribution in [0, 0.1) is 0 Å². The Kier molecular flexibility index (Phi) is 2.63. The molecule has 0 saturated carbocycles. The lowest BCUT2D eigenvalue weighted by Gasteiger charge is -2.02. The first kappa shape index (κ1) is 11.0. The highest BCUT2D eigenvalue weighted by molar-refractivity contribution is 6.30. The third-order valence-electron chi connectivity index (χ3n) is 1.98. The summed E-state index contributed by atoms with van der Waals surface area (Å²) in [6.45, 7) is 0. The van der Waals surface area contributed by atoms with Crippen molar-refractivity contribution in [3.05, 3.63) is 47.2 Å². The van der Waals surface area contributed by atoms with Crippen LogP contribution in [0.2, 0.25) is 5.02 Å². The maximum atomic E-state index is 12.3. The van der Waals surface area contributed by atoms with E-state index in [9.17, 15) is 13.2 Å². The van der Waals surface area contributed by atoms with Gasteiger partial charge in [-0.1, -0.05) is 17.7 Å². The highest BCUT2D eigenvalue weighted by Crippen LogP contribution is 2.29. The number of alkyl halides is 3. The molecule has 6 heteroatoms. The van der Waals surface area contributed by atoms with Crippen LogP contribution in [-0.4, -0.2) is 9.78 Å². The second kappa shape index (κ2) is 3.83. The fourth-order valence-corrected chi connectivity index (χ4v) is 1.41. The summed E-state index contributed by atoms with van der Waals surface area (Å²) < 4.78 is 38.1. The summed E-state index contributed by atoms with van der Waals surface area (Å²) in [4.78, 5) is 0. The van der Waals surface area contributed by atoms with E-state index in [4.69, 9.17) is 11.6 Å². The summed E-state index contributed by atoms with van der Waals surface area (Å²) in [7, 11) is 0. The van der Waals surface area contributed by atoms with Crippen LogP contribution in [0.3, 0.4) is 0 Å². The molecule has 0 aliphatic carbocycles. The Labute approximate surface area is 94.3 Å². The number of aromatic nitrogens is 2. The summed E-state index contributed by atoms with van der Waals surface area (Å²) in [6.07, 6.45) is -2.68. The van der Waals surface area contributed by atoms with Gasteiger partial charge in [-0.3, -0.25) is 0 Å². The zero-order valence-corrected chi connectivity index (χ0v) is 8.63. The summed E-state index contributed by atoms with van der Waals surface area (Å²) in [5.41, 5.74) is -0.296. The SMILES string of the molecule is FC(F)(F)c1cnn(-c2cccc(Cl)c2)c1. The molecule has 0 unspecified atom stereocenters. The lowest BCUT2D eigenvalue weighted by molar-refractivity contribution is -0.137. The van der Waals surface area contributed by atoms with Crippen molar-refractivity contribution in [2.45, 2.75) is 6.18 Å². The van der Waals surface area contributed by atoms with Gasteiger partial charge >= 0.3 is 6.18 Å². The Balaban J connectivity index is 2.39. The molecule has 0 amide bonds. The van der Waals surface area contributed by atoms with Crippen LogP contribution in [0.1, 0.15) is 5.56 Å². The van der Waals surface area contributed by atoms with Crippen molar-refractivity contribution in [3.63, 3.8) is 0 Å². The van der Waals surface area contributed by atoms with Gasteiger partial charge in [-0.2, -0.15) is 18.3 Å². The van der Waals surface area contributed by atoms with E-state index in [-0.39, 0.29) is 0 Å². The van der Waals surface area contributed by atoms with E-state index < -0.39 is 11.7 Å². The third-order valence-corrected chi connectivity index (χ3v) is 2.22. The zero-order chi connectivity index (χ0) is 11.8. The molecule has 16 heavy (non-hydrogen) atoms. The molecule has 1 heterocycles. The molecule has 0 saturated heterocycles. The zero-order valence-electron chi connectivity index (χ0n) is 7.87. The van der Waals surface area contributed by atoms with Gasteiger partial charge in [0.2, 0.25) is 0 Å². The Morgan fingerprint density at radius 3 is 2.56 bits per heavy atom. The van der Waals surface area contributed by atoms with Crippen LogP contribution in [0.15, 0.2) is 36.7 Å². The molecule has 0 radical (unpaired) electrons. The molecular formula is C10H6ClF3N2. The normalized spacial score (nSPS) is 11.8. The van der Waals surface area contributed by atoms with Crippen LogP contribution in [-0.2, 0) is 6.18 Å². The summed E-state index contributed by atoms with van der Waals surface area (Å²) in [5.74, 6) is 0. The molecule has 2 nitrogen and oxygen atoms in total. The Morgan fingerprint density at radius 2 is 2.00 bits per heavy atom. The molecule has 2 rings (SSSR count). The minimum atomic E-state index is -4.38. The highest BCUT2D eigenvalue weighted by atomic mass is 35.5. The van der Waals surface area contributed by atoms with Gasteiger partial charge in [0, 0.05) is 11.2 Å². The predicted octanol–water partition coefficient (Wildman–Crippen LogP) is 3.54. The average molecular weight is 247 g/mol. The maximum Gasteiger partial charge on any atom is 0.419 e. The average Bonchev–Trinajstić information content (AvgIpc) is 2.65. The molecule has 84 valence electrons. The molecule has 1 aromatic heterocycles. The first-order valence-electron chi connectivity index (χ1n) is 4.34. The maximum absolute atomic E-state index is 12.3. The van der Waals surface area contributed by atoms with Crippen LogP contribution in [0.5, 0.6) is 0 Å². The van der Waals surface area contributed by atoms with Gasteiger partial charge in [0.25, 0.3) is 0 Å². The molecule has 0 fully saturated rings. The number of hydrogen-bond donors (Lipinski definition) is 0. The standard InChI is InChI=1S/C10H6ClF3N2/c11-8-2-1-3-9(4-8)16-6-7(5-15-16)10(12,13)14/h1-6H. The Morgan fingerprint density at radius 1 is 1.25 bits per heavy atom. The molecule has 1 aromatic carbocycles. The summed E-state index contributed by atoms with van der Waals surface area (Å²) >= 11 is 5.73. The van der Waals surface area contributed by atoms with Crippen LogP contribution in [0.25, 0.3) is 5.69 Å². The monoisotopic (exact) mass is 246 g/mol. The largest absolute Gasteiger partial charge is 0.419 e. The van der Waals surface area contributed by atoms with Crippen molar-refractivity contribution in [1.29, 1.82) is 0 Å². The number of nitrogens with zero attached hydrogens (tertiary/aromatic N) is 2. The van der Waals surface area contributed by atoms with Crippen molar-refractivity contribution < 1.29 is 13.2 Å². The van der Waals surface area contributed by atoms with E-state index in [1.807, 2.05) is 0 Å². The Hall–Kier alpha value is -1.49. The summed E-state index contributed by atoms with van der Waals surface area (Å²) in [5, 5.41) is 4.08. The highest BCUT2D eigenvalue weighted by Gasteiger charge is 2.32.